The molecule has 0 saturated carbocycles. The third kappa shape index (κ3) is 4.79. The largest absolute Gasteiger partial charge is 0.370 e. The summed E-state index contributed by atoms with van der Waals surface area (Å²) in [5, 5.41) is 3.42. The van der Waals surface area contributed by atoms with Crippen molar-refractivity contribution in [3.63, 3.8) is 0 Å². The molecule has 1 atom stereocenters. The Hall–Kier alpha value is -2.40. The Morgan fingerprint density at radius 3 is 2.92 bits per heavy atom. The van der Waals surface area contributed by atoms with Crippen molar-refractivity contribution in [2.24, 2.45) is 5.92 Å². The Balaban J connectivity index is 1.51. The van der Waals surface area contributed by atoms with Gasteiger partial charge in [0.1, 0.15) is 5.82 Å². The van der Waals surface area contributed by atoms with E-state index < -0.39 is 0 Å². The predicted molar refractivity (Wildman–Crippen MR) is 101 cm³/mol. The van der Waals surface area contributed by atoms with E-state index in [1.165, 1.54) is 12.0 Å². The fourth-order valence-electron chi connectivity index (χ4n) is 3.26. The fraction of sp³-hybridized carbons (Fsp3) is 0.400. The number of carbonyl (C=O) groups excluding carboxylic acids is 1. The van der Waals surface area contributed by atoms with Gasteiger partial charge in [-0.15, -0.1) is 0 Å². The number of likely N-dealkylation sites (tertiary alicyclic amines) is 1. The molecular weight excluding hydrogens is 312 g/mol. The van der Waals surface area contributed by atoms with Crippen LogP contribution in [-0.2, 0) is 6.54 Å². The number of pyridine rings is 1. The third-order valence-electron chi connectivity index (χ3n) is 4.59. The molecule has 2 heterocycles. The summed E-state index contributed by atoms with van der Waals surface area (Å²) >= 11 is 0. The predicted octanol–water partition coefficient (Wildman–Crippen LogP) is 2.72. The summed E-state index contributed by atoms with van der Waals surface area (Å²) in [7, 11) is 3.57. The highest BCUT2D eigenvalue weighted by atomic mass is 16.2. The Bertz CT molecular complexity index is 702. The molecular formula is C20H26N4O. The number of nitrogens with one attached hydrogen (secondary N) is 1. The first-order valence-corrected chi connectivity index (χ1v) is 8.79. The number of benzene rings is 1. The van der Waals surface area contributed by atoms with Gasteiger partial charge >= 0.3 is 0 Å². The van der Waals surface area contributed by atoms with Crippen LogP contribution >= 0.6 is 0 Å². The molecule has 0 spiro atoms. The van der Waals surface area contributed by atoms with Gasteiger partial charge in [0, 0.05) is 45.5 Å². The normalized spacial score (nSPS) is 17.4. The van der Waals surface area contributed by atoms with Gasteiger partial charge < -0.3 is 10.2 Å². The first-order valence-electron chi connectivity index (χ1n) is 8.79. The quantitative estimate of drug-likeness (QED) is 0.880. The highest BCUT2D eigenvalue weighted by Crippen LogP contribution is 2.20. The van der Waals surface area contributed by atoms with Crippen LogP contribution in [0, 0.1) is 5.92 Å². The third-order valence-corrected chi connectivity index (χ3v) is 4.59. The zero-order valence-electron chi connectivity index (χ0n) is 15.0. The van der Waals surface area contributed by atoms with Gasteiger partial charge in [0.05, 0.1) is 0 Å². The minimum atomic E-state index is 0.0562. The average molecular weight is 338 g/mol. The topological polar surface area (TPSA) is 48.5 Å². The molecule has 1 amide bonds. The maximum absolute atomic E-state index is 12.1. The van der Waals surface area contributed by atoms with Crippen LogP contribution in [0.4, 0.5) is 5.82 Å². The van der Waals surface area contributed by atoms with E-state index in [4.69, 9.17) is 0 Å². The highest BCUT2D eigenvalue weighted by Gasteiger charge is 2.22. The number of hydrogen-bond acceptors (Lipinski definition) is 4. The molecule has 1 aromatic heterocycles. The van der Waals surface area contributed by atoms with Crippen molar-refractivity contribution in [3.05, 3.63) is 59.8 Å². The van der Waals surface area contributed by atoms with E-state index in [1.54, 1.807) is 19.0 Å². The molecule has 1 fully saturated rings. The SMILES string of the molecule is CN(C)C(=O)c1cccc(CN2CC[C@H](CNc3ccccn3)C2)c1. The van der Waals surface area contributed by atoms with E-state index in [0.717, 1.165) is 37.6 Å². The van der Waals surface area contributed by atoms with Crippen LogP contribution < -0.4 is 5.32 Å². The summed E-state index contributed by atoms with van der Waals surface area (Å²) < 4.78 is 0. The number of carbonyl (C=O) groups is 1. The fourth-order valence-corrected chi connectivity index (χ4v) is 3.26. The lowest BCUT2D eigenvalue weighted by molar-refractivity contribution is 0.0827. The maximum atomic E-state index is 12.1. The number of aromatic nitrogens is 1. The van der Waals surface area contributed by atoms with Crippen molar-refractivity contribution in [3.8, 4) is 0 Å². The molecule has 3 rings (SSSR count). The summed E-state index contributed by atoms with van der Waals surface area (Å²) in [4.78, 5) is 20.5. The molecule has 5 nitrogen and oxygen atoms in total. The second-order valence-corrected chi connectivity index (χ2v) is 6.89. The number of rotatable bonds is 6. The van der Waals surface area contributed by atoms with E-state index in [2.05, 4.69) is 21.3 Å². The zero-order valence-corrected chi connectivity index (χ0v) is 15.0. The van der Waals surface area contributed by atoms with Crippen LogP contribution in [0.3, 0.4) is 0 Å². The van der Waals surface area contributed by atoms with Gasteiger partial charge in [0.2, 0.25) is 0 Å². The van der Waals surface area contributed by atoms with Gasteiger partial charge in [-0.05, 0) is 48.7 Å². The van der Waals surface area contributed by atoms with Crippen molar-refractivity contribution in [1.29, 1.82) is 0 Å². The second-order valence-electron chi connectivity index (χ2n) is 6.89. The first-order chi connectivity index (χ1) is 12.1. The summed E-state index contributed by atoms with van der Waals surface area (Å²) in [6, 6.07) is 13.9. The Morgan fingerprint density at radius 1 is 1.28 bits per heavy atom. The number of hydrogen-bond donors (Lipinski definition) is 1. The number of nitrogens with zero attached hydrogens (tertiary/aromatic N) is 3. The van der Waals surface area contributed by atoms with Crippen LogP contribution in [0.5, 0.6) is 0 Å². The summed E-state index contributed by atoms with van der Waals surface area (Å²) in [5.41, 5.74) is 1.96. The summed E-state index contributed by atoms with van der Waals surface area (Å²) in [5.74, 6) is 1.63. The van der Waals surface area contributed by atoms with E-state index in [-0.39, 0.29) is 5.91 Å². The van der Waals surface area contributed by atoms with Crippen molar-refractivity contribution in [2.45, 2.75) is 13.0 Å². The van der Waals surface area contributed by atoms with Gasteiger partial charge in [-0.1, -0.05) is 18.2 Å². The molecule has 1 aliphatic rings. The molecule has 0 unspecified atom stereocenters. The first kappa shape index (κ1) is 17.4. The molecule has 1 N–H and O–H groups in total. The molecule has 0 bridgehead atoms. The van der Waals surface area contributed by atoms with Crippen LogP contribution in [0.15, 0.2) is 48.7 Å². The minimum absolute atomic E-state index is 0.0562. The smallest absolute Gasteiger partial charge is 0.253 e. The highest BCUT2D eigenvalue weighted by molar-refractivity contribution is 5.94. The van der Waals surface area contributed by atoms with Gasteiger partial charge in [-0.25, -0.2) is 4.98 Å². The molecule has 0 aliphatic carbocycles. The molecule has 1 aromatic carbocycles. The summed E-state index contributed by atoms with van der Waals surface area (Å²) in [6.07, 6.45) is 3.00. The van der Waals surface area contributed by atoms with Gasteiger partial charge in [-0.2, -0.15) is 0 Å². The van der Waals surface area contributed by atoms with E-state index >= 15 is 0 Å². The van der Waals surface area contributed by atoms with Crippen molar-refractivity contribution in [1.82, 2.24) is 14.8 Å². The lowest BCUT2D eigenvalue weighted by Gasteiger charge is -2.17. The Labute approximate surface area is 149 Å². The van der Waals surface area contributed by atoms with Crippen LogP contribution in [0.25, 0.3) is 0 Å². The maximum Gasteiger partial charge on any atom is 0.253 e. The standard InChI is InChI=1S/C20H26N4O/c1-23(2)20(25)18-7-5-6-16(12-18)14-24-11-9-17(15-24)13-22-19-8-3-4-10-21-19/h3-8,10,12,17H,9,11,13-15H2,1-2H3,(H,21,22)/t17-/m1/s1. The molecule has 0 radical (unpaired) electrons. The van der Waals surface area contributed by atoms with Crippen molar-refractivity contribution < 1.29 is 4.79 Å². The van der Waals surface area contributed by atoms with E-state index in [1.807, 2.05) is 42.6 Å². The van der Waals surface area contributed by atoms with Crippen molar-refractivity contribution >= 4 is 11.7 Å². The Morgan fingerprint density at radius 2 is 2.16 bits per heavy atom. The van der Waals surface area contributed by atoms with Crippen LogP contribution in [0.1, 0.15) is 22.3 Å². The molecule has 1 saturated heterocycles. The van der Waals surface area contributed by atoms with E-state index in [9.17, 15) is 4.79 Å². The van der Waals surface area contributed by atoms with Crippen LogP contribution in [-0.4, -0.2) is 54.4 Å². The lowest BCUT2D eigenvalue weighted by atomic mass is 10.1. The van der Waals surface area contributed by atoms with Gasteiger partial charge in [-0.3, -0.25) is 9.69 Å². The monoisotopic (exact) mass is 338 g/mol. The Kier molecular flexibility index (Phi) is 5.66. The zero-order chi connectivity index (χ0) is 17.6. The molecule has 25 heavy (non-hydrogen) atoms. The molecule has 2 aromatic rings. The minimum Gasteiger partial charge on any atom is -0.370 e. The van der Waals surface area contributed by atoms with Crippen LogP contribution in [0.2, 0.25) is 0 Å². The number of anilines is 1. The number of amides is 1. The van der Waals surface area contributed by atoms with Gasteiger partial charge in [0.25, 0.3) is 5.91 Å². The summed E-state index contributed by atoms with van der Waals surface area (Å²) in [6.45, 7) is 4.02. The molecule has 132 valence electrons. The average Bonchev–Trinajstić information content (AvgIpc) is 3.07. The van der Waals surface area contributed by atoms with E-state index in [0.29, 0.717) is 5.92 Å². The van der Waals surface area contributed by atoms with Gasteiger partial charge in [0.15, 0.2) is 0 Å². The second kappa shape index (κ2) is 8.12. The lowest BCUT2D eigenvalue weighted by Crippen LogP contribution is -2.24. The van der Waals surface area contributed by atoms with Crippen molar-refractivity contribution in [2.75, 3.05) is 39.0 Å². The molecule has 5 heteroatoms. The molecule has 1 aliphatic heterocycles.